The maximum absolute atomic E-state index is 12.4. The molecule has 0 saturated heterocycles. The molecule has 0 radical (unpaired) electrons. The van der Waals surface area contributed by atoms with Gasteiger partial charge in [0.05, 0.1) is 12.8 Å². The maximum atomic E-state index is 12.4. The summed E-state index contributed by atoms with van der Waals surface area (Å²) in [5, 5.41) is 0. The van der Waals surface area contributed by atoms with E-state index in [-0.39, 0.29) is 17.8 Å². The lowest BCUT2D eigenvalue weighted by Crippen LogP contribution is -2.41. The molecule has 0 saturated carbocycles. The fourth-order valence-corrected chi connectivity index (χ4v) is 2.24. The van der Waals surface area contributed by atoms with Crippen LogP contribution in [0.3, 0.4) is 0 Å². The van der Waals surface area contributed by atoms with Crippen molar-refractivity contribution in [1.29, 1.82) is 0 Å². The predicted molar refractivity (Wildman–Crippen MR) is 89.9 cm³/mol. The summed E-state index contributed by atoms with van der Waals surface area (Å²) >= 11 is 0. The van der Waals surface area contributed by atoms with Crippen LogP contribution in [-0.2, 0) is 4.79 Å². The molecule has 8 heteroatoms. The van der Waals surface area contributed by atoms with E-state index < -0.39 is 11.4 Å². The van der Waals surface area contributed by atoms with Gasteiger partial charge in [-0.3, -0.25) is 14.7 Å². The first-order chi connectivity index (χ1) is 11.3. The topological polar surface area (TPSA) is 97.3 Å². The molecule has 0 atom stereocenters. The minimum Gasteiger partial charge on any atom is -0.497 e. The zero-order valence-corrected chi connectivity index (χ0v) is 14.1. The summed E-state index contributed by atoms with van der Waals surface area (Å²) in [5.74, 6) is 0.309. The van der Waals surface area contributed by atoms with Gasteiger partial charge in [-0.2, -0.15) is 4.98 Å². The van der Waals surface area contributed by atoms with Crippen molar-refractivity contribution in [1.82, 2.24) is 14.5 Å². The van der Waals surface area contributed by atoms with E-state index in [1.807, 2.05) is 13.8 Å². The van der Waals surface area contributed by atoms with E-state index in [4.69, 9.17) is 4.74 Å². The third-order valence-corrected chi connectivity index (χ3v) is 3.31. The van der Waals surface area contributed by atoms with Gasteiger partial charge in [0.1, 0.15) is 5.75 Å². The van der Waals surface area contributed by atoms with Crippen molar-refractivity contribution in [2.24, 2.45) is 5.92 Å². The third kappa shape index (κ3) is 3.70. The lowest BCUT2D eigenvalue weighted by Gasteiger charge is -2.21. The first-order valence-corrected chi connectivity index (χ1v) is 7.49. The van der Waals surface area contributed by atoms with Crippen molar-refractivity contribution >= 4 is 11.9 Å². The molecule has 0 spiro atoms. The number of rotatable bonds is 5. The highest BCUT2D eigenvalue weighted by Crippen LogP contribution is 2.14. The Morgan fingerprint density at radius 2 is 2.08 bits per heavy atom. The van der Waals surface area contributed by atoms with Crippen LogP contribution in [0.1, 0.15) is 20.8 Å². The largest absolute Gasteiger partial charge is 0.497 e. The second-order valence-corrected chi connectivity index (χ2v) is 5.71. The number of carbonyl (C=O) groups excluding carboxylic acids is 1. The molecular formula is C16H20N4O4. The number of aromatic amines is 1. The molecule has 1 aromatic carbocycles. The monoisotopic (exact) mass is 332 g/mol. The van der Waals surface area contributed by atoms with Gasteiger partial charge in [0.25, 0.3) is 0 Å². The summed E-state index contributed by atoms with van der Waals surface area (Å²) in [5.41, 5.74) is -1.11. The molecule has 0 bridgehead atoms. The number of hydrogen-bond donors (Lipinski definition) is 1. The third-order valence-electron chi connectivity index (χ3n) is 3.31. The summed E-state index contributed by atoms with van der Waals surface area (Å²) in [6.45, 7) is 5.55. The molecule has 0 aliphatic rings. The molecule has 8 nitrogen and oxygen atoms in total. The number of anilines is 1. The number of carbonyl (C=O) groups is 1. The fraction of sp³-hybridized carbons (Fsp3) is 0.375. The Bertz CT molecular complexity index is 822. The molecule has 1 N–H and O–H groups in total. The highest BCUT2D eigenvalue weighted by molar-refractivity contribution is 5.89. The molecular weight excluding hydrogens is 312 g/mol. The zero-order valence-electron chi connectivity index (χ0n) is 14.1. The second-order valence-electron chi connectivity index (χ2n) is 5.71. The maximum Gasteiger partial charge on any atom is 0.359 e. The molecule has 0 aliphatic heterocycles. The van der Waals surface area contributed by atoms with Gasteiger partial charge in [0, 0.05) is 19.5 Å². The van der Waals surface area contributed by atoms with Gasteiger partial charge in [-0.1, -0.05) is 19.9 Å². The molecule has 24 heavy (non-hydrogen) atoms. The number of nitrogens with zero attached hydrogens (tertiary/aromatic N) is 3. The van der Waals surface area contributed by atoms with Gasteiger partial charge in [0.2, 0.25) is 11.9 Å². The fourth-order valence-electron chi connectivity index (χ4n) is 2.24. The number of aromatic nitrogens is 3. The van der Waals surface area contributed by atoms with Gasteiger partial charge < -0.3 is 4.74 Å². The van der Waals surface area contributed by atoms with E-state index in [2.05, 4.69) is 9.97 Å². The quantitative estimate of drug-likeness (QED) is 0.879. The number of amides is 1. The number of benzene rings is 1. The Kier molecular flexibility index (Phi) is 5.18. The normalized spacial score (nSPS) is 10.7. The summed E-state index contributed by atoms with van der Waals surface area (Å²) in [7, 11) is 1.49. The molecule has 2 rings (SSSR count). The number of ether oxygens (including phenoxy) is 1. The molecule has 0 aliphatic carbocycles. The summed E-state index contributed by atoms with van der Waals surface area (Å²) in [6.07, 6.45) is 0. The van der Waals surface area contributed by atoms with Crippen LogP contribution >= 0.6 is 0 Å². The number of nitrogens with one attached hydrogen (secondary N) is 1. The van der Waals surface area contributed by atoms with E-state index in [0.29, 0.717) is 18.0 Å². The predicted octanol–water partition coefficient (Wildman–Crippen LogP) is 0.938. The first kappa shape index (κ1) is 17.5. The van der Waals surface area contributed by atoms with Gasteiger partial charge >= 0.3 is 11.4 Å². The molecule has 1 aromatic heterocycles. The molecule has 0 unspecified atom stereocenters. The van der Waals surface area contributed by atoms with Gasteiger partial charge in [0.15, 0.2) is 0 Å². The molecule has 2 aromatic rings. The minimum atomic E-state index is -0.767. The number of methoxy groups -OCH3 is 1. The van der Waals surface area contributed by atoms with Gasteiger partial charge in [-0.15, -0.1) is 0 Å². The Morgan fingerprint density at radius 3 is 2.62 bits per heavy atom. The lowest BCUT2D eigenvalue weighted by atomic mass is 10.2. The average molecular weight is 332 g/mol. The number of H-pyrrole nitrogens is 1. The first-order valence-electron chi connectivity index (χ1n) is 7.49. The van der Waals surface area contributed by atoms with Gasteiger partial charge in [-0.05, 0) is 18.1 Å². The standard InChI is InChI=1S/C16H20N4O4/c1-10(2)9-19(11(3)21)14-17-15(22)20(16(23)18-14)12-6-5-7-13(8-12)24-4/h5-8,10H,9H2,1-4H3,(H,17,18,22,23). The number of hydrogen-bond acceptors (Lipinski definition) is 5. The van der Waals surface area contributed by atoms with Crippen LogP contribution in [0.5, 0.6) is 5.75 Å². The Balaban J connectivity index is 2.54. The molecule has 1 amide bonds. The van der Waals surface area contributed by atoms with Crippen LogP contribution in [-0.4, -0.2) is 34.1 Å². The summed E-state index contributed by atoms with van der Waals surface area (Å²) in [4.78, 5) is 44.1. The van der Waals surface area contributed by atoms with Crippen LogP contribution in [0.2, 0.25) is 0 Å². The Morgan fingerprint density at radius 1 is 1.38 bits per heavy atom. The van der Waals surface area contributed by atoms with Crippen LogP contribution < -0.4 is 21.0 Å². The SMILES string of the molecule is COc1cccc(-n2c(=O)nc(N(CC(C)C)C(C)=O)[nH]c2=O)c1. The highest BCUT2D eigenvalue weighted by atomic mass is 16.5. The van der Waals surface area contributed by atoms with E-state index in [0.717, 1.165) is 4.57 Å². The van der Waals surface area contributed by atoms with Crippen LogP contribution in [0.15, 0.2) is 33.9 Å². The van der Waals surface area contributed by atoms with Crippen molar-refractivity contribution in [3.05, 3.63) is 45.2 Å². The molecule has 1 heterocycles. The summed E-state index contributed by atoms with van der Waals surface area (Å²) < 4.78 is 5.98. The highest BCUT2D eigenvalue weighted by Gasteiger charge is 2.18. The lowest BCUT2D eigenvalue weighted by molar-refractivity contribution is -0.116. The van der Waals surface area contributed by atoms with E-state index in [1.54, 1.807) is 24.3 Å². The van der Waals surface area contributed by atoms with Gasteiger partial charge in [-0.25, -0.2) is 14.2 Å². The second kappa shape index (κ2) is 7.12. The zero-order chi connectivity index (χ0) is 17.9. The Hall–Kier alpha value is -2.90. The van der Waals surface area contributed by atoms with Crippen molar-refractivity contribution in [2.75, 3.05) is 18.6 Å². The van der Waals surface area contributed by atoms with Crippen molar-refractivity contribution in [2.45, 2.75) is 20.8 Å². The van der Waals surface area contributed by atoms with Crippen molar-refractivity contribution in [3.8, 4) is 11.4 Å². The smallest absolute Gasteiger partial charge is 0.359 e. The minimum absolute atomic E-state index is 0.0506. The average Bonchev–Trinajstić information content (AvgIpc) is 2.51. The van der Waals surface area contributed by atoms with Crippen LogP contribution in [0.4, 0.5) is 5.95 Å². The Labute approximate surface area is 138 Å². The van der Waals surface area contributed by atoms with Crippen molar-refractivity contribution in [3.63, 3.8) is 0 Å². The van der Waals surface area contributed by atoms with Crippen molar-refractivity contribution < 1.29 is 9.53 Å². The molecule has 128 valence electrons. The van der Waals surface area contributed by atoms with Crippen LogP contribution in [0.25, 0.3) is 5.69 Å². The summed E-state index contributed by atoms with van der Waals surface area (Å²) in [6, 6.07) is 6.51. The van der Waals surface area contributed by atoms with E-state index >= 15 is 0 Å². The van der Waals surface area contributed by atoms with E-state index in [1.165, 1.54) is 18.9 Å². The van der Waals surface area contributed by atoms with E-state index in [9.17, 15) is 14.4 Å². The van der Waals surface area contributed by atoms with Crippen LogP contribution in [0, 0.1) is 5.92 Å². The molecule has 0 fully saturated rings.